The Hall–Kier alpha value is -3.24. The minimum Gasteiger partial charge on any atom is -0.292 e. The van der Waals surface area contributed by atoms with Gasteiger partial charge in [0.15, 0.2) is 11.6 Å². The zero-order valence-corrected chi connectivity index (χ0v) is 15.3. The van der Waals surface area contributed by atoms with Crippen molar-refractivity contribution in [2.45, 2.75) is 0 Å². The molecular weight excluding hydrogens is 378 g/mol. The molecule has 2 aromatic heterocycles. The first kappa shape index (κ1) is 16.9. The van der Waals surface area contributed by atoms with Crippen LogP contribution in [0.25, 0.3) is 39.1 Å². The summed E-state index contributed by atoms with van der Waals surface area (Å²) in [6, 6.07) is 23.5. The summed E-state index contributed by atoms with van der Waals surface area (Å²) in [6.07, 6.45) is 0. The van der Waals surface area contributed by atoms with Crippen molar-refractivity contribution >= 4 is 28.3 Å². The van der Waals surface area contributed by atoms with Gasteiger partial charge in [-0.2, -0.15) is 0 Å². The van der Waals surface area contributed by atoms with Gasteiger partial charge in [0.05, 0.1) is 16.7 Å². The van der Waals surface area contributed by atoms with Gasteiger partial charge >= 0.3 is 0 Å². The Bertz CT molecular complexity index is 1330. The first-order chi connectivity index (χ1) is 13.6. The highest BCUT2D eigenvalue weighted by atomic mass is 35.5. The Morgan fingerprint density at radius 1 is 0.750 bits per heavy atom. The Kier molecular flexibility index (Phi) is 3.88. The zero-order chi connectivity index (χ0) is 19.3. The van der Waals surface area contributed by atoms with Gasteiger partial charge in [-0.3, -0.25) is 4.40 Å². The Morgan fingerprint density at radius 3 is 2.21 bits per heavy atom. The lowest BCUT2D eigenvalue weighted by Gasteiger charge is -2.11. The number of pyridine rings is 1. The van der Waals surface area contributed by atoms with E-state index in [-0.39, 0.29) is 0 Å². The number of imidazole rings is 1. The molecule has 0 fully saturated rings. The molecular formula is C23H13ClF2N2. The van der Waals surface area contributed by atoms with E-state index in [1.54, 1.807) is 12.1 Å². The molecule has 5 rings (SSSR count). The molecule has 0 aliphatic rings. The summed E-state index contributed by atoms with van der Waals surface area (Å²) in [5, 5.41) is 0.637. The van der Waals surface area contributed by atoms with E-state index < -0.39 is 11.6 Å². The van der Waals surface area contributed by atoms with Gasteiger partial charge in [0, 0.05) is 22.7 Å². The maximum atomic E-state index is 14.0. The van der Waals surface area contributed by atoms with Crippen LogP contribution in [0.5, 0.6) is 0 Å². The summed E-state index contributed by atoms with van der Waals surface area (Å²) in [5.41, 5.74) is 5.13. The predicted octanol–water partition coefficient (Wildman–Crippen LogP) is 6.75. The second-order valence-corrected chi connectivity index (χ2v) is 6.97. The van der Waals surface area contributed by atoms with Crippen molar-refractivity contribution in [2.24, 2.45) is 0 Å². The van der Waals surface area contributed by atoms with E-state index >= 15 is 0 Å². The lowest BCUT2D eigenvalue weighted by molar-refractivity contribution is 0.510. The van der Waals surface area contributed by atoms with Crippen LogP contribution in [0.4, 0.5) is 8.78 Å². The average Bonchev–Trinajstić information content (AvgIpc) is 3.07. The molecule has 5 heteroatoms. The van der Waals surface area contributed by atoms with Gasteiger partial charge in [-0.15, -0.1) is 0 Å². The molecule has 0 bridgehead atoms. The third-order valence-electron chi connectivity index (χ3n) is 4.81. The summed E-state index contributed by atoms with van der Waals surface area (Å²) in [4.78, 5) is 4.63. The fraction of sp³-hybridized carbons (Fsp3) is 0. The van der Waals surface area contributed by atoms with Gasteiger partial charge in [-0.25, -0.2) is 13.8 Å². The van der Waals surface area contributed by atoms with E-state index in [1.165, 1.54) is 6.07 Å². The molecule has 2 heterocycles. The molecule has 5 aromatic rings. The van der Waals surface area contributed by atoms with E-state index in [4.69, 9.17) is 11.6 Å². The molecule has 3 aromatic carbocycles. The highest BCUT2D eigenvalue weighted by Crippen LogP contribution is 2.33. The minimum absolute atomic E-state index is 0.400. The molecule has 0 amide bonds. The molecule has 2 nitrogen and oxygen atoms in total. The van der Waals surface area contributed by atoms with Crippen LogP contribution in [0, 0.1) is 11.6 Å². The van der Waals surface area contributed by atoms with Gasteiger partial charge in [-0.05, 0) is 35.4 Å². The van der Waals surface area contributed by atoms with Crippen LogP contribution in [0.2, 0.25) is 5.02 Å². The standard InChI is InChI=1S/C23H13ClF2N2/c24-16-8-6-14(7-9-16)17-10-11-21(15-4-2-1-3-5-15)28-22-13-19(26)18(25)12-20(22)27-23(17)28/h1-13H. The largest absolute Gasteiger partial charge is 0.292 e. The summed E-state index contributed by atoms with van der Waals surface area (Å²) in [5.74, 6) is -1.81. The summed E-state index contributed by atoms with van der Waals surface area (Å²) in [7, 11) is 0. The molecule has 0 saturated carbocycles. The zero-order valence-electron chi connectivity index (χ0n) is 14.5. The number of halogens is 3. The fourth-order valence-corrected chi connectivity index (χ4v) is 3.62. The first-order valence-corrected chi connectivity index (χ1v) is 9.11. The van der Waals surface area contributed by atoms with E-state index in [0.717, 1.165) is 28.5 Å². The summed E-state index contributed by atoms with van der Waals surface area (Å²) >= 11 is 6.02. The first-order valence-electron chi connectivity index (χ1n) is 8.73. The van der Waals surface area contributed by atoms with Gasteiger partial charge in [0.25, 0.3) is 0 Å². The van der Waals surface area contributed by atoms with Crippen LogP contribution in [0.15, 0.2) is 78.9 Å². The van der Waals surface area contributed by atoms with E-state index in [2.05, 4.69) is 4.98 Å². The topological polar surface area (TPSA) is 17.3 Å². The van der Waals surface area contributed by atoms with E-state index in [9.17, 15) is 8.78 Å². The molecule has 0 N–H and O–H groups in total. The number of benzene rings is 3. The molecule has 0 atom stereocenters. The molecule has 0 spiro atoms. The molecule has 0 saturated heterocycles. The predicted molar refractivity (Wildman–Crippen MR) is 108 cm³/mol. The monoisotopic (exact) mass is 390 g/mol. The Balaban J connectivity index is 1.91. The third-order valence-corrected chi connectivity index (χ3v) is 5.06. The van der Waals surface area contributed by atoms with Crippen molar-refractivity contribution in [1.29, 1.82) is 0 Å². The van der Waals surface area contributed by atoms with Crippen molar-refractivity contribution < 1.29 is 8.78 Å². The summed E-state index contributed by atoms with van der Waals surface area (Å²) < 4.78 is 29.7. The molecule has 0 unspecified atom stereocenters. The van der Waals surface area contributed by atoms with Crippen LogP contribution in [-0.2, 0) is 0 Å². The van der Waals surface area contributed by atoms with Crippen LogP contribution >= 0.6 is 11.6 Å². The lowest BCUT2D eigenvalue weighted by Crippen LogP contribution is -1.95. The van der Waals surface area contributed by atoms with Crippen molar-refractivity contribution in [3.8, 4) is 22.4 Å². The maximum Gasteiger partial charge on any atom is 0.161 e. The van der Waals surface area contributed by atoms with Gasteiger partial charge in [-0.1, -0.05) is 54.1 Å². The number of hydrogen-bond acceptors (Lipinski definition) is 1. The van der Waals surface area contributed by atoms with Crippen LogP contribution in [0.1, 0.15) is 0 Å². The lowest BCUT2D eigenvalue weighted by atomic mass is 10.0. The van der Waals surface area contributed by atoms with Gasteiger partial charge in [0.2, 0.25) is 0 Å². The van der Waals surface area contributed by atoms with Crippen molar-refractivity contribution in [1.82, 2.24) is 9.38 Å². The number of rotatable bonds is 2. The van der Waals surface area contributed by atoms with Crippen LogP contribution in [-0.4, -0.2) is 9.38 Å². The fourth-order valence-electron chi connectivity index (χ4n) is 3.50. The number of aromatic nitrogens is 2. The molecule has 28 heavy (non-hydrogen) atoms. The third kappa shape index (κ3) is 2.65. The highest BCUT2D eigenvalue weighted by molar-refractivity contribution is 6.30. The molecule has 0 aliphatic heterocycles. The Morgan fingerprint density at radius 2 is 1.46 bits per heavy atom. The van der Waals surface area contributed by atoms with Gasteiger partial charge in [0.1, 0.15) is 5.65 Å². The number of fused-ring (bicyclic) bond motifs is 3. The van der Waals surface area contributed by atoms with E-state index in [1.807, 2.05) is 59.0 Å². The second kappa shape index (κ2) is 6.43. The SMILES string of the molecule is Fc1cc2nc3c(-c4ccc(Cl)cc4)ccc(-c4ccccc4)n3c2cc1F. The average molecular weight is 391 g/mol. The van der Waals surface area contributed by atoms with Crippen LogP contribution < -0.4 is 0 Å². The van der Waals surface area contributed by atoms with Crippen LogP contribution in [0.3, 0.4) is 0 Å². The van der Waals surface area contributed by atoms with Gasteiger partial charge < -0.3 is 0 Å². The molecule has 0 radical (unpaired) electrons. The number of hydrogen-bond donors (Lipinski definition) is 0. The Labute approximate surface area is 164 Å². The molecule has 0 aliphatic carbocycles. The van der Waals surface area contributed by atoms with Crippen molar-refractivity contribution in [3.05, 3.63) is 95.5 Å². The van der Waals surface area contributed by atoms with E-state index in [0.29, 0.717) is 21.7 Å². The highest BCUT2D eigenvalue weighted by Gasteiger charge is 2.17. The molecule has 136 valence electrons. The second-order valence-electron chi connectivity index (χ2n) is 6.53. The normalized spacial score (nSPS) is 11.4. The maximum absolute atomic E-state index is 14.0. The quantitative estimate of drug-likeness (QED) is 0.326. The van der Waals surface area contributed by atoms with Crippen molar-refractivity contribution in [3.63, 3.8) is 0 Å². The number of nitrogens with zero attached hydrogens (tertiary/aromatic N) is 2. The minimum atomic E-state index is -0.912. The summed E-state index contributed by atoms with van der Waals surface area (Å²) in [6.45, 7) is 0. The van der Waals surface area contributed by atoms with Crippen molar-refractivity contribution in [2.75, 3.05) is 0 Å². The smallest absolute Gasteiger partial charge is 0.161 e.